The van der Waals surface area contributed by atoms with Crippen LogP contribution in [0.2, 0.25) is 0 Å². The van der Waals surface area contributed by atoms with Crippen LogP contribution in [0.3, 0.4) is 0 Å². The van der Waals surface area contributed by atoms with Crippen LogP contribution in [0, 0.1) is 11.8 Å². The molecule has 0 spiro atoms. The first kappa shape index (κ1) is 15.8. The zero-order valence-corrected chi connectivity index (χ0v) is 13.9. The lowest BCUT2D eigenvalue weighted by molar-refractivity contribution is -0.139. The highest BCUT2D eigenvalue weighted by atomic mass is 16.2. The van der Waals surface area contributed by atoms with Gasteiger partial charge in [0.05, 0.1) is 0 Å². The minimum atomic E-state index is -0.364. The Morgan fingerprint density at radius 2 is 1.68 bits per heavy atom. The lowest BCUT2D eigenvalue weighted by Gasteiger charge is -2.35. The molecule has 22 heavy (non-hydrogen) atoms. The standard InChI is InChI=1S/C18H30N2O2/c1-13(19-17(21)15-9-5-10-15)18(22)20-12-6-11-16(20)14-7-3-2-4-8-14/h13-16H,2-12H2,1H3,(H,19,21)/t13-,16+/m0/s1. The third-order valence-electron chi connectivity index (χ3n) is 5.98. The molecule has 1 aliphatic heterocycles. The summed E-state index contributed by atoms with van der Waals surface area (Å²) < 4.78 is 0. The molecule has 0 unspecified atom stereocenters. The highest BCUT2D eigenvalue weighted by Gasteiger charge is 2.37. The van der Waals surface area contributed by atoms with E-state index in [1.165, 1.54) is 32.1 Å². The molecule has 2 amide bonds. The van der Waals surface area contributed by atoms with Gasteiger partial charge in [-0.05, 0) is 51.4 Å². The van der Waals surface area contributed by atoms with E-state index in [0.29, 0.717) is 12.0 Å². The van der Waals surface area contributed by atoms with Gasteiger partial charge in [-0.2, -0.15) is 0 Å². The minimum absolute atomic E-state index is 0.0838. The quantitative estimate of drug-likeness (QED) is 0.868. The number of rotatable bonds is 4. The molecule has 4 heteroatoms. The third kappa shape index (κ3) is 3.31. The Morgan fingerprint density at radius 3 is 2.32 bits per heavy atom. The fourth-order valence-corrected chi connectivity index (χ4v) is 4.39. The molecule has 0 aromatic rings. The molecule has 3 fully saturated rings. The third-order valence-corrected chi connectivity index (χ3v) is 5.98. The van der Waals surface area contributed by atoms with Gasteiger partial charge in [-0.15, -0.1) is 0 Å². The molecule has 4 nitrogen and oxygen atoms in total. The van der Waals surface area contributed by atoms with Crippen molar-refractivity contribution in [2.45, 2.75) is 83.2 Å². The van der Waals surface area contributed by atoms with Crippen molar-refractivity contribution >= 4 is 11.8 Å². The molecule has 1 N–H and O–H groups in total. The maximum absolute atomic E-state index is 12.8. The number of likely N-dealkylation sites (tertiary alicyclic amines) is 1. The van der Waals surface area contributed by atoms with Gasteiger partial charge in [0.25, 0.3) is 0 Å². The Balaban J connectivity index is 1.56. The molecule has 0 radical (unpaired) electrons. The zero-order chi connectivity index (χ0) is 15.5. The zero-order valence-electron chi connectivity index (χ0n) is 13.9. The highest BCUT2D eigenvalue weighted by molar-refractivity contribution is 5.88. The minimum Gasteiger partial charge on any atom is -0.344 e. The van der Waals surface area contributed by atoms with Crippen molar-refractivity contribution in [1.82, 2.24) is 10.2 Å². The number of hydrogen-bond acceptors (Lipinski definition) is 2. The summed E-state index contributed by atoms with van der Waals surface area (Å²) in [6.07, 6.45) is 11.9. The van der Waals surface area contributed by atoms with Crippen LogP contribution in [0.4, 0.5) is 0 Å². The van der Waals surface area contributed by atoms with Crippen molar-refractivity contribution in [2.75, 3.05) is 6.54 Å². The van der Waals surface area contributed by atoms with E-state index < -0.39 is 0 Å². The summed E-state index contributed by atoms with van der Waals surface area (Å²) in [7, 11) is 0. The van der Waals surface area contributed by atoms with Crippen LogP contribution in [-0.2, 0) is 9.59 Å². The van der Waals surface area contributed by atoms with Crippen molar-refractivity contribution in [3.05, 3.63) is 0 Å². The van der Waals surface area contributed by atoms with Crippen molar-refractivity contribution < 1.29 is 9.59 Å². The van der Waals surface area contributed by atoms with E-state index >= 15 is 0 Å². The van der Waals surface area contributed by atoms with Crippen LogP contribution in [0.15, 0.2) is 0 Å². The van der Waals surface area contributed by atoms with Gasteiger partial charge in [0.15, 0.2) is 0 Å². The van der Waals surface area contributed by atoms with Gasteiger partial charge in [-0.1, -0.05) is 25.7 Å². The Hall–Kier alpha value is -1.06. The lowest BCUT2D eigenvalue weighted by atomic mass is 9.83. The molecular weight excluding hydrogens is 276 g/mol. The second-order valence-electron chi connectivity index (χ2n) is 7.50. The van der Waals surface area contributed by atoms with Gasteiger partial charge < -0.3 is 10.2 Å². The van der Waals surface area contributed by atoms with Gasteiger partial charge in [-0.25, -0.2) is 0 Å². The molecule has 1 saturated heterocycles. The number of nitrogens with zero attached hydrogens (tertiary/aromatic N) is 1. The molecule has 3 rings (SSSR count). The molecule has 0 bridgehead atoms. The Morgan fingerprint density at radius 1 is 0.955 bits per heavy atom. The van der Waals surface area contributed by atoms with E-state index in [1.54, 1.807) is 0 Å². The van der Waals surface area contributed by atoms with E-state index in [0.717, 1.165) is 38.6 Å². The van der Waals surface area contributed by atoms with Crippen LogP contribution in [-0.4, -0.2) is 35.3 Å². The number of nitrogens with one attached hydrogen (secondary N) is 1. The molecule has 1 heterocycles. The van der Waals surface area contributed by atoms with Crippen LogP contribution in [0.25, 0.3) is 0 Å². The first-order valence-electron chi connectivity index (χ1n) is 9.27. The Kier molecular flexibility index (Phi) is 5.04. The van der Waals surface area contributed by atoms with Gasteiger partial charge in [0.2, 0.25) is 11.8 Å². The van der Waals surface area contributed by atoms with E-state index in [9.17, 15) is 9.59 Å². The highest BCUT2D eigenvalue weighted by Crippen LogP contribution is 2.34. The number of hydrogen-bond donors (Lipinski definition) is 1. The lowest BCUT2D eigenvalue weighted by Crippen LogP contribution is -2.51. The van der Waals surface area contributed by atoms with Crippen molar-refractivity contribution in [1.29, 1.82) is 0 Å². The smallest absolute Gasteiger partial charge is 0.245 e. The molecule has 2 saturated carbocycles. The summed E-state index contributed by atoms with van der Waals surface area (Å²) in [5.74, 6) is 1.07. The van der Waals surface area contributed by atoms with E-state index in [4.69, 9.17) is 0 Å². The average molecular weight is 306 g/mol. The number of carbonyl (C=O) groups excluding carboxylic acids is 2. The number of carbonyl (C=O) groups is 2. The normalized spacial score (nSPS) is 28.2. The van der Waals surface area contributed by atoms with Crippen molar-refractivity contribution in [3.8, 4) is 0 Å². The predicted octanol–water partition coefficient (Wildman–Crippen LogP) is 2.86. The molecule has 3 aliphatic rings. The molecule has 0 aromatic heterocycles. The SMILES string of the molecule is C[C@H](NC(=O)C1CCC1)C(=O)N1CCC[C@@H]1C1CCCCC1. The topological polar surface area (TPSA) is 49.4 Å². The summed E-state index contributed by atoms with van der Waals surface area (Å²) in [6, 6.07) is 0.0631. The Labute approximate surface area is 134 Å². The van der Waals surface area contributed by atoms with E-state index in [1.807, 2.05) is 6.92 Å². The Bertz CT molecular complexity index is 413. The van der Waals surface area contributed by atoms with Gasteiger partial charge in [-0.3, -0.25) is 9.59 Å². The van der Waals surface area contributed by atoms with Gasteiger partial charge >= 0.3 is 0 Å². The second kappa shape index (κ2) is 7.01. The summed E-state index contributed by atoms with van der Waals surface area (Å²) in [6.45, 7) is 2.73. The van der Waals surface area contributed by atoms with Crippen molar-refractivity contribution in [3.63, 3.8) is 0 Å². The van der Waals surface area contributed by atoms with Crippen LogP contribution >= 0.6 is 0 Å². The van der Waals surface area contributed by atoms with Crippen LogP contribution in [0.1, 0.15) is 71.1 Å². The molecule has 2 aliphatic carbocycles. The fraction of sp³-hybridized carbons (Fsp3) is 0.889. The summed E-state index contributed by atoms with van der Waals surface area (Å²) in [4.78, 5) is 26.9. The number of amides is 2. The summed E-state index contributed by atoms with van der Waals surface area (Å²) in [5, 5.41) is 2.95. The van der Waals surface area contributed by atoms with Crippen molar-refractivity contribution in [2.24, 2.45) is 11.8 Å². The van der Waals surface area contributed by atoms with E-state index in [2.05, 4.69) is 10.2 Å². The maximum Gasteiger partial charge on any atom is 0.245 e. The summed E-state index contributed by atoms with van der Waals surface area (Å²) in [5.41, 5.74) is 0. The maximum atomic E-state index is 12.8. The van der Waals surface area contributed by atoms with Gasteiger partial charge in [0.1, 0.15) is 6.04 Å². The second-order valence-corrected chi connectivity index (χ2v) is 7.50. The monoisotopic (exact) mass is 306 g/mol. The first-order chi connectivity index (χ1) is 10.7. The van der Waals surface area contributed by atoms with Crippen LogP contribution in [0.5, 0.6) is 0 Å². The largest absolute Gasteiger partial charge is 0.344 e. The fourth-order valence-electron chi connectivity index (χ4n) is 4.39. The molecule has 2 atom stereocenters. The first-order valence-corrected chi connectivity index (χ1v) is 9.27. The summed E-state index contributed by atoms with van der Waals surface area (Å²) >= 11 is 0. The van der Waals surface area contributed by atoms with E-state index in [-0.39, 0.29) is 23.8 Å². The predicted molar refractivity (Wildman–Crippen MR) is 86.3 cm³/mol. The molecule has 0 aromatic carbocycles. The van der Waals surface area contributed by atoms with Crippen LogP contribution < -0.4 is 5.32 Å². The van der Waals surface area contributed by atoms with Gasteiger partial charge in [0, 0.05) is 18.5 Å². The average Bonchev–Trinajstić information content (AvgIpc) is 2.94. The molecular formula is C18H30N2O2. The molecule has 124 valence electrons.